The van der Waals surface area contributed by atoms with Gasteiger partial charge in [-0.3, -0.25) is 4.98 Å². The normalized spacial score (nSPS) is 18.1. The van der Waals surface area contributed by atoms with E-state index in [1.54, 1.807) is 0 Å². The lowest BCUT2D eigenvalue weighted by Crippen LogP contribution is -2.34. The van der Waals surface area contributed by atoms with Crippen LogP contribution >= 0.6 is 0 Å². The van der Waals surface area contributed by atoms with E-state index in [4.69, 9.17) is 5.11 Å². The summed E-state index contributed by atoms with van der Waals surface area (Å²) in [6, 6.07) is 4.08. The molecule has 1 aromatic heterocycles. The SMILES string of the molecule is Cc1ccc(CNC2(CO)CC2)cn1. The third-order valence-corrected chi connectivity index (χ3v) is 2.80. The van der Waals surface area contributed by atoms with Gasteiger partial charge in [-0.2, -0.15) is 0 Å². The second-order valence-corrected chi connectivity index (χ2v) is 4.10. The molecule has 1 aromatic rings. The van der Waals surface area contributed by atoms with E-state index in [0.29, 0.717) is 0 Å². The van der Waals surface area contributed by atoms with Gasteiger partial charge in [0.25, 0.3) is 0 Å². The first-order chi connectivity index (χ1) is 6.74. The van der Waals surface area contributed by atoms with Gasteiger partial charge in [0.1, 0.15) is 0 Å². The summed E-state index contributed by atoms with van der Waals surface area (Å²) < 4.78 is 0. The Morgan fingerprint density at radius 1 is 1.50 bits per heavy atom. The van der Waals surface area contributed by atoms with Gasteiger partial charge >= 0.3 is 0 Å². The van der Waals surface area contributed by atoms with Crippen LogP contribution in [0.4, 0.5) is 0 Å². The highest BCUT2D eigenvalue weighted by atomic mass is 16.3. The molecule has 2 N–H and O–H groups in total. The number of nitrogens with zero attached hydrogens (tertiary/aromatic N) is 1. The van der Waals surface area contributed by atoms with Gasteiger partial charge in [-0.25, -0.2) is 0 Å². The molecular weight excluding hydrogens is 176 g/mol. The molecule has 1 aliphatic carbocycles. The highest BCUT2D eigenvalue weighted by Gasteiger charge is 2.41. The molecular formula is C11H16N2O. The predicted octanol–water partition coefficient (Wildman–Crippen LogP) is 1.00. The van der Waals surface area contributed by atoms with Crippen LogP contribution in [0.2, 0.25) is 0 Å². The minimum atomic E-state index is 0.0187. The third kappa shape index (κ3) is 2.11. The van der Waals surface area contributed by atoms with Crippen molar-refractivity contribution in [2.45, 2.75) is 31.8 Å². The van der Waals surface area contributed by atoms with Crippen LogP contribution in [0.15, 0.2) is 18.3 Å². The van der Waals surface area contributed by atoms with E-state index in [1.807, 2.05) is 19.2 Å². The van der Waals surface area contributed by atoms with E-state index in [2.05, 4.69) is 16.4 Å². The van der Waals surface area contributed by atoms with Crippen molar-refractivity contribution in [3.63, 3.8) is 0 Å². The zero-order valence-electron chi connectivity index (χ0n) is 8.45. The number of aliphatic hydroxyl groups excluding tert-OH is 1. The first-order valence-electron chi connectivity index (χ1n) is 5.02. The number of hydrogen-bond acceptors (Lipinski definition) is 3. The molecule has 0 unspecified atom stereocenters. The molecule has 0 bridgehead atoms. The van der Waals surface area contributed by atoms with Crippen molar-refractivity contribution in [2.24, 2.45) is 0 Å². The van der Waals surface area contributed by atoms with Gasteiger partial charge in [0.2, 0.25) is 0 Å². The van der Waals surface area contributed by atoms with Crippen molar-refractivity contribution < 1.29 is 5.11 Å². The van der Waals surface area contributed by atoms with Crippen molar-refractivity contribution in [1.82, 2.24) is 10.3 Å². The van der Waals surface area contributed by atoms with Gasteiger partial charge in [-0.1, -0.05) is 6.07 Å². The van der Waals surface area contributed by atoms with Gasteiger partial charge in [0.15, 0.2) is 0 Å². The van der Waals surface area contributed by atoms with E-state index in [9.17, 15) is 0 Å². The number of aryl methyl sites for hydroxylation is 1. The fraction of sp³-hybridized carbons (Fsp3) is 0.545. The van der Waals surface area contributed by atoms with E-state index < -0.39 is 0 Å². The smallest absolute Gasteiger partial charge is 0.0613 e. The van der Waals surface area contributed by atoms with Crippen LogP contribution in [0.25, 0.3) is 0 Å². The van der Waals surface area contributed by atoms with E-state index >= 15 is 0 Å². The lowest BCUT2D eigenvalue weighted by Gasteiger charge is -2.13. The second-order valence-electron chi connectivity index (χ2n) is 4.10. The summed E-state index contributed by atoms with van der Waals surface area (Å²) in [7, 11) is 0. The number of aromatic nitrogens is 1. The molecule has 0 aliphatic heterocycles. The molecule has 0 atom stereocenters. The average Bonchev–Trinajstić information content (AvgIpc) is 2.98. The van der Waals surface area contributed by atoms with Gasteiger partial charge in [-0.15, -0.1) is 0 Å². The summed E-state index contributed by atoms with van der Waals surface area (Å²) in [6.07, 6.45) is 4.06. The summed E-state index contributed by atoms with van der Waals surface area (Å²) in [5, 5.41) is 12.5. The molecule has 1 fully saturated rings. The Bertz CT molecular complexity index is 304. The number of hydrogen-bond donors (Lipinski definition) is 2. The van der Waals surface area contributed by atoms with Crippen LogP contribution in [0.3, 0.4) is 0 Å². The number of pyridine rings is 1. The second kappa shape index (κ2) is 3.67. The maximum atomic E-state index is 9.10. The molecule has 0 spiro atoms. The summed E-state index contributed by atoms with van der Waals surface area (Å²) in [5.74, 6) is 0. The van der Waals surface area contributed by atoms with Crippen molar-refractivity contribution in [2.75, 3.05) is 6.61 Å². The van der Waals surface area contributed by atoms with Crippen molar-refractivity contribution >= 4 is 0 Å². The third-order valence-electron chi connectivity index (χ3n) is 2.80. The number of nitrogens with one attached hydrogen (secondary N) is 1. The maximum absolute atomic E-state index is 9.10. The number of aliphatic hydroxyl groups is 1. The molecule has 76 valence electrons. The summed E-state index contributed by atoms with van der Waals surface area (Å²) in [5.41, 5.74) is 2.23. The molecule has 0 amide bonds. The van der Waals surface area contributed by atoms with Gasteiger partial charge in [0.05, 0.1) is 6.61 Å². The lowest BCUT2D eigenvalue weighted by atomic mass is 10.2. The van der Waals surface area contributed by atoms with Crippen molar-refractivity contribution in [3.05, 3.63) is 29.6 Å². The summed E-state index contributed by atoms with van der Waals surface area (Å²) >= 11 is 0. The highest BCUT2D eigenvalue weighted by Crippen LogP contribution is 2.34. The molecule has 0 saturated heterocycles. The first kappa shape index (κ1) is 9.62. The van der Waals surface area contributed by atoms with Crippen LogP contribution in [0, 0.1) is 6.92 Å². The minimum absolute atomic E-state index is 0.0187. The Hall–Kier alpha value is -0.930. The molecule has 3 heteroatoms. The molecule has 3 nitrogen and oxygen atoms in total. The molecule has 2 rings (SSSR count). The largest absolute Gasteiger partial charge is 0.394 e. The van der Waals surface area contributed by atoms with Crippen LogP contribution in [-0.4, -0.2) is 22.2 Å². The standard InChI is InChI=1S/C11H16N2O/c1-9-2-3-10(6-12-9)7-13-11(8-14)4-5-11/h2-3,6,13-14H,4-5,7-8H2,1H3. The Morgan fingerprint density at radius 3 is 2.79 bits per heavy atom. The topological polar surface area (TPSA) is 45.1 Å². The fourth-order valence-corrected chi connectivity index (χ4v) is 1.43. The number of rotatable bonds is 4. The van der Waals surface area contributed by atoms with Gasteiger partial charge in [-0.05, 0) is 31.4 Å². The zero-order chi connectivity index (χ0) is 10.0. The minimum Gasteiger partial charge on any atom is -0.394 e. The van der Waals surface area contributed by atoms with E-state index in [1.165, 1.54) is 5.56 Å². The molecule has 0 aromatic carbocycles. The monoisotopic (exact) mass is 192 g/mol. The van der Waals surface area contributed by atoms with Crippen LogP contribution in [0.5, 0.6) is 0 Å². The summed E-state index contributed by atoms with van der Waals surface area (Å²) in [4.78, 5) is 4.22. The molecule has 0 radical (unpaired) electrons. The van der Waals surface area contributed by atoms with Gasteiger partial charge < -0.3 is 10.4 Å². The molecule has 1 aliphatic rings. The van der Waals surface area contributed by atoms with Crippen LogP contribution in [-0.2, 0) is 6.54 Å². The van der Waals surface area contributed by atoms with Crippen molar-refractivity contribution in [3.8, 4) is 0 Å². The Labute approximate surface area is 84.2 Å². The quantitative estimate of drug-likeness (QED) is 0.748. The summed E-state index contributed by atoms with van der Waals surface area (Å²) in [6.45, 7) is 3.02. The zero-order valence-corrected chi connectivity index (χ0v) is 8.45. The fourth-order valence-electron chi connectivity index (χ4n) is 1.43. The first-order valence-corrected chi connectivity index (χ1v) is 5.02. The van der Waals surface area contributed by atoms with Crippen LogP contribution < -0.4 is 5.32 Å². The molecule has 14 heavy (non-hydrogen) atoms. The highest BCUT2D eigenvalue weighted by molar-refractivity contribution is 5.14. The molecule has 1 heterocycles. The Morgan fingerprint density at radius 2 is 2.29 bits per heavy atom. The van der Waals surface area contributed by atoms with Gasteiger partial charge in [0, 0.05) is 24.0 Å². The van der Waals surface area contributed by atoms with Crippen LogP contribution in [0.1, 0.15) is 24.1 Å². The predicted molar refractivity (Wildman–Crippen MR) is 54.9 cm³/mol. The average molecular weight is 192 g/mol. The van der Waals surface area contributed by atoms with E-state index in [0.717, 1.165) is 25.1 Å². The maximum Gasteiger partial charge on any atom is 0.0613 e. The lowest BCUT2D eigenvalue weighted by molar-refractivity contribution is 0.229. The Kier molecular flexibility index (Phi) is 2.52. The van der Waals surface area contributed by atoms with E-state index in [-0.39, 0.29) is 12.1 Å². The molecule has 1 saturated carbocycles. The Balaban J connectivity index is 1.89. The van der Waals surface area contributed by atoms with Crippen molar-refractivity contribution in [1.29, 1.82) is 0 Å².